The van der Waals surface area contributed by atoms with Crippen LogP contribution in [0, 0.1) is 17.1 Å². The van der Waals surface area contributed by atoms with E-state index in [1.165, 1.54) is 0 Å². The smallest absolute Gasteiger partial charge is 0.161 e. The second-order valence-electron chi connectivity index (χ2n) is 4.44. The third-order valence-corrected chi connectivity index (χ3v) is 4.08. The Labute approximate surface area is 119 Å². The summed E-state index contributed by atoms with van der Waals surface area (Å²) in [6, 6.07) is 5.04. The summed E-state index contributed by atoms with van der Waals surface area (Å²) in [5.74, 6) is -0.468. The molecule has 19 heavy (non-hydrogen) atoms. The van der Waals surface area contributed by atoms with Gasteiger partial charge in [-0.3, -0.25) is 0 Å². The van der Waals surface area contributed by atoms with Crippen molar-refractivity contribution in [3.05, 3.63) is 28.0 Å². The zero-order valence-corrected chi connectivity index (χ0v) is 12.1. The first-order valence-electron chi connectivity index (χ1n) is 5.87. The fourth-order valence-corrected chi connectivity index (χ4v) is 2.42. The highest BCUT2D eigenvalue weighted by Gasteiger charge is 2.34. The average molecular weight is 329 g/mol. The van der Waals surface area contributed by atoms with E-state index in [0.717, 1.165) is 6.42 Å². The van der Waals surface area contributed by atoms with Crippen molar-refractivity contribution in [2.45, 2.75) is 12.0 Å². The van der Waals surface area contributed by atoms with E-state index < -0.39 is 11.4 Å². The van der Waals surface area contributed by atoms with Crippen LogP contribution in [0.25, 0.3) is 0 Å². The molecule has 2 rings (SSSR count). The van der Waals surface area contributed by atoms with Crippen LogP contribution in [0.15, 0.2) is 16.6 Å². The van der Waals surface area contributed by atoms with Crippen molar-refractivity contribution in [1.82, 2.24) is 0 Å². The number of ether oxygens (including phenoxy) is 2. The van der Waals surface area contributed by atoms with Gasteiger partial charge < -0.3 is 14.8 Å². The van der Waals surface area contributed by atoms with Crippen molar-refractivity contribution in [2.24, 2.45) is 0 Å². The van der Waals surface area contributed by atoms with Gasteiger partial charge in [-0.2, -0.15) is 5.26 Å². The molecule has 102 valence electrons. The SMILES string of the molecule is COC1(CNc2ccc(C#N)c(Br)c2F)CCOC1. The zero-order chi connectivity index (χ0) is 13.9. The fraction of sp³-hybridized carbons (Fsp3) is 0.462. The number of benzene rings is 1. The van der Waals surface area contributed by atoms with Crippen molar-refractivity contribution in [3.63, 3.8) is 0 Å². The summed E-state index contributed by atoms with van der Waals surface area (Å²) < 4.78 is 25.0. The number of nitrogens with one attached hydrogen (secondary N) is 1. The van der Waals surface area contributed by atoms with Crippen molar-refractivity contribution >= 4 is 21.6 Å². The van der Waals surface area contributed by atoms with Crippen molar-refractivity contribution < 1.29 is 13.9 Å². The molecule has 1 aromatic rings. The molecule has 0 bridgehead atoms. The van der Waals surface area contributed by atoms with Gasteiger partial charge in [0.1, 0.15) is 11.7 Å². The predicted molar refractivity (Wildman–Crippen MR) is 72.5 cm³/mol. The second kappa shape index (κ2) is 5.87. The molecule has 1 unspecified atom stereocenters. The number of halogens is 2. The topological polar surface area (TPSA) is 54.3 Å². The van der Waals surface area contributed by atoms with Gasteiger partial charge in [-0.05, 0) is 28.1 Å². The molecule has 1 aliphatic rings. The first kappa shape index (κ1) is 14.3. The number of anilines is 1. The molecule has 0 saturated carbocycles. The lowest BCUT2D eigenvalue weighted by Crippen LogP contribution is -2.39. The third-order valence-electron chi connectivity index (χ3n) is 3.30. The Morgan fingerprint density at radius 2 is 2.42 bits per heavy atom. The fourth-order valence-electron chi connectivity index (χ4n) is 1.99. The minimum Gasteiger partial charge on any atom is -0.380 e. The first-order chi connectivity index (χ1) is 9.12. The van der Waals surface area contributed by atoms with Gasteiger partial charge in [0, 0.05) is 26.7 Å². The summed E-state index contributed by atoms with van der Waals surface area (Å²) >= 11 is 3.08. The van der Waals surface area contributed by atoms with Crippen LogP contribution in [-0.4, -0.2) is 32.5 Å². The highest BCUT2D eigenvalue weighted by molar-refractivity contribution is 9.10. The third kappa shape index (κ3) is 2.89. The quantitative estimate of drug-likeness (QED) is 0.923. The van der Waals surface area contributed by atoms with Crippen LogP contribution in [0.5, 0.6) is 0 Å². The molecule has 0 spiro atoms. The maximum Gasteiger partial charge on any atom is 0.161 e. The highest BCUT2D eigenvalue weighted by atomic mass is 79.9. The average Bonchev–Trinajstić information content (AvgIpc) is 2.90. The summed E-state index contributed by atoms with van der Waals surface area (Å²) in [4.78, 5) is 0. The minimum absolute atomic E-state index is 0.175. The molecule has 1 atom stereocenters. The number of nitriles is 1. The van der Waals surface area contributed by atoms with E-state index in [1.54, 1.807) is 19.2 Å². The number of rotatable bonds is 4. The van der Waals surface area contributed by atoms with Crippen molar-refractivity contribution in [2.75, 3.05) is 32.2 Å². The number of hydrogen-bond donors (Lipinski definition) is 1. The van der Waals surface area contributed by atoms with E-state index in [4.69, 9.17) is 14.7 Å². The summed E-state index contributed by atoms with van der Waals surface area (Å²) in [6.07, 6.45) is 0.773. The maximum absolute atomic E-state index is 14.0. The molecule has 1 N–H and O–H groups in total. The van der Waals surface area contributed by atoms with Crippen LogP contribution in [0.4, 0.5) is 10.1 Å². The molecule has 1 aromatic carbocycles. The molecule has 0 aromatic heterocycles. The molecule has 6 heteroatoms. The Bertz CT molecular complexity index is 510. The largest absolute Gasteiger partial charge is 0.380 e. The Morgan fingerprint density at radius 1 is 1.63 bits per heavy atom. The van der Waals surface area contributed by atoms with Gasteiger partial charge in [0.05, 0.1) is 22.3 Å². The molecule has 4 nitrogen and oxygen atoms in total. The second-order valence-corrected chi connectivity index (χ2v) is 5.24. The van der Waals surface area contributed by atoms with Crippen LogP contribution >= 0.6 is 15.9 Å². The normalized spacial score (nSPS) is 22.2. The summed E-state index contributed by atoms with van der Waals surface area (Å²) in [5.41, 5.74) is 0.204. The van der Waals surface area contributed by atoms with E-state index in [1.807, 2.05) is 6.07 Å². The molecular formula is C13H14BrFN2O2. The molecule has 0 amide bonds. The zero-order valence-electron chi connectivity index (χ0n) is 10.5. The standard InChI is InChI=1S/C13H14BrFN2O2/c1-18-13(4-5-19-8-13)7-17-10-3-2-9(6-16)11(14)12(10)15/h2-3,17H,4-5,7-8H2,1H3. The molecule has 1 saturated heterocycles. The van der Waals surface area contributed by atoms with Crippen molar-refractivity contribution in [3.8, 4) is 6.07 Å². The molecule has 0 radical (unpaired) electrons. The molecule has 1 fully saturated rings. The van der Waals surface area contributed by atoms with Gasteiger partial charge in [0.25, 0.3) is 0 Å². The van der Waals surface area contributed by atoms with Crippen LogP contribution in [0.3, 0.4) is 0 Å². The minimum atomic E-state index is -0.468. The van der Waals surface area contributed by atoms with Crippen LogP contribution in [-0.2, 0) is 9.47 Å². The van der Waals surface area contributed by atoms with Gasteiger partial charge in [-0.15, -0.1) is 0 Å². The van der Waals surface area contributed by atoms with Crippen LogP contribution < -0.4 is 5.32 Å². The van der Waals surface area contributed by atoms with Crippen LogP contribution in [0.2, 0.25) is 0 Å². The monoisotopic (exact) mass is 328 g/mol. The lowest BCUT2D eigenvalue weighted by Gasteiger charge is -2.26. The Morgan fingerprint density at radius 3 is 3.00 bits per heavy atom. The maximum atomic E-state index is 14.0. The lowest BCUT2D eigenvalue weighted by molar-refractivity contribution is -0.00623. The van der Waals surface area contributed by atoms with E-state index in [2.05, 4.69) is 21.2 Å². The van der Waals surface area contributed by atoms with Gasteiger partial charge >= 0.3 is 0 Å². The number of methoxy groups -OCH3 is 1. The highest BCUT2D eigenvalue weighted by Crippen LogP contribution is 2.28. The van der Waals surface area contributed by atoms with Gasteiger partial charge in [-0.25, -0.2) is 4.39 Å². The van der Waals surface area contributed by atoms with Gasteiger partial charge in [0.2, 0.25) is 0 Å². The Hall–Kier alpha value is -1.16. The molecule has 0 aliphatic carbocycles. The van der Waals surface area contributed by atoms with E-state index in [9.17, 15) is 4.39 Å². The van der Waals surface area contributed by atoms with Gasteiger partial charge in [0.15, 0.2) is 5.82 Å². The molecule has 1 aliphatic heterocycles. The van der Waals surface area contributed by atoms with Gasteiger partial charge in [-0.1, -0.05) is 0 Å². The number of hydrogen-bond acceptors (Lipinski definition) is 4. The molecular weight excluding hydrogens is 315 g/mol. The summed E-state index contributed by atoms with van der Waals surface area (Å²) in [5, 5.41) is 11.8. The van der Waals surface area contributed by atoms with Crippen LogP contribution in [0.1, 0.15) is 12.0 Å². The number of nitrogens with zero attached hydrogens (tertiary/aromatic N) is 1. The summed E-state index contributed by atoms with van der Waals surface area (Å²) in [7, 11) is 1.63. The van der Waals surface area contributed by atoms with E-state index >= 15 is 0 Å². The van der Waals surface area contributed by atoms with Crippen molar-refractivity contribution in [1.29, 1.82) is 5.26 Å². The predicted octanol–water partition coefficient (Wildman–Crippen LogP) is 2.68. The Balaban J connectivity index is 2.12. The first-order valence-corrected chi connectivity index (χ1v) is 6.66. The van der Waals surface area contributed by atoms with E-state index in [0.29, 0.717) is 25.4 Å². The molecule has 1 heterocycles. The van der Waals surface area contributed by atoms with E-state index in [-0.39, 0.29) is 10.0 Å². The Kier molecular flexibility index (Phi) is 4.40. The lowest BCUT2D eigenvalue weighted by atomic mass is 10.0. The summed E-state index contributed by atoms with van der Waals surface area (Å²) in [6.45, 7) is 1.60.